The summed E-state index contributed by atoms with van der Waals surface area (Å²) in [5.74, 6) is 2.58. The van der Waals surface area contributed by atoms with E-state index in [9.17, 15) is 4.79 Å². The van der Waals surface area contributed by atoms with Crippen LogP contribution in [0.4, 0.5) is 0 Å². The second kappa shape index (κ2) is 7.91. The number of nitrogens with zero attached hydrogens (tertiary/aromatic N) is 1. The van der Waals surface area contributed by atoms with Gasteiger partial charge in [0.05, 0.1) is 14.2 Å². The highest BCUT2D eigenvalue weighted by atomic mass is 35.5. The van der Waals surface area contributed by atoms with Crippen molar-refractivity contribution < 1.29 is 23.4 Å². The Labute approximate surface area is 178 Å². The molecular weight excluding hydrogens is 410 g/mol. The standard InChI is InChI=1S/C22H19NO6.ClH/c1-25-18-6-12-3-4-23-16(14(12)8-19(18)26-2)5-13-7-22(24)29-17-10-21-20(9-15(13)17)27-11-28-21;/h6-10H,3-5,11H2,1-2H3;1H. The van der Waals surface area contributed by atoms with Crippen LogP contribution in [0.1, 0.15) is 16.7 Å². The Morgan fingerprint density at radius 1 is 1.00 bits per heavy atom. The van der Waals surface area contributed by atoms with Gasteiger partial charge in [-0.2, -0.15) is 0 Å². The molecule has 0 bridgehead atoms. The summed E-state index contributed by atoms with van der Waals surface area (Å²) in [6.45, 7) is 0.844. The maximum absolute atomic E-state index is 12.2. The topological polar surface area (TPSA) is 79.5 Å². The molecule has 1 aromatic heterocycles. The van der Waals surface area contributed by atoms with Gasteiger partial charge < -0.3 is 23.4 Å². The molecule has 0 aliphatic carbocycles. The normalized spacial score (nSPS) is 14.0. The molecule has 0 amide bonds. The number of hydrogen-bond donors (Lipinski definition) is 0. The van der Waals surface area contributed by atoms with Crippen molar-refractivity contribution in [1.82, 2.24) is 0 Å². The van der Waals surface area contributed by atoms with Crippen LogP contribution in [0.5, 0.6) is 23.0 Å². The molecule has 7 nitrogen and oxygen atoms in total. The van der Waals surface area contributed by atoms with Crippen molar-refractivity contribution in [2.24, 2.45) is 4.99 Å². The lowest BCUT2D eigenvalue weighted by atomic mass is 9.92. The van der Waals surface area contributed by atoms with Gasteiger partial charge in [0, 0.05) is 41.8 Å². The summed E-state index contributed by atoms with van der Waals surface area (Å²) >= 11 is 0. The zero-order valence-corrected chi connectivity index (χ0v) is 17.3. The predicted octanol–water partition coefficient (Wildman–Crippen LogP) is 3.55. The van der Waals surface area contributed by atoms with E-state index in [1.165, 1.54) is 6.07 Å². The van der Waals surface area contributed by atoms with E-state index >= 15 is 0 Å². The summed E-state index contributed by atoms with van der Waals surface area (Å²) in [4.78, 5) is 16.9. The molecule has 8 heteroatoms. The van der Waals surface area contributed by atoms with Crippen LogP contribution in [-0.2, 0) is 12.8 Å². The second-order valence-electron chi connectivity index (χ2n) is 6.91. The number of hydrogen-bond acceptors (Lipinski definition) is 7. The first kappa shape index (κ1) is 20.1. The number of halogens is 1. The van der Waals surface area contributed by atoms with Crippen LogP contribution in [0.25, 0.3) is 11.0 Å². The quantitative estimate of drug-likeness (QED) is 0.590. The fourth-order valence-electron chi connectivity index (χ4n) is 3.89. The Hall–Kier alpha value is -3.19. The van der Waals surface area contributed by atoms with Gasteiger partial charge in [-0.3, -0.25) is 4.99 Å². The highest BCUT2D eigenvalue weighted by molar-refractivity contribution is 6.05. The van der Waals surface area contributed by atoms with E-state index in [4.69, 9.17) is 28.4 Å². The summed E-state index contributed by atoms with van der Waals surface area (Å²) < 4.78 is 27.2. The van der Waals surface area contributed by atoms with Crippen molar-refractivity contribution in [1.29, 1.82) is 0 Å². The minimum absolute atomic E-state index is 0. The van der Waals surface area contributed by atoms with Gasteiger partial charge in [0.15, 0.2) is 23.0 Å². The van der Waals surface area contributed by atoms with Crippen LogP contribution in [0.2, 0.25) is 0 Å². The molecule has 0 N–H and O–H groups in total. The molecule has 0 saturated carbocycles. The van der Waals surface area contributed by atoms with Gasteiger partial charge in [0.2, 0.25) is 6.79 Å². The molecule has 30 heavy (non-hydrogen) atoms. The molecule has 156 valence electrons. The van der Waals surface area contributed by atoms with Crippen LogP contribution in [0.15, 0.2) is 44.5 Å². The van der Waals surface area contributed by atoms with Crippen molar-refractivity contribution >= 4 is 29.1 Å². The molecule has 0 spiro atoms. The number of aliphatic imine (C=N–C) groups is 1. The lowest BCUT2D eigenvalue weighted by Gasteiger charge is -2.20. The van der Waals surface area contributed by atoms with E-state index in [-0.39, 0.29) is 19.2 Å². The van der Waals surface area contributed by atoms with Crippen LogP contribution in [0.3, 0.4) is 0 Å². The largest absolute Gasteiger partial charge is 0.493 e. The van der Waals surface area contributed by atoms with E-state index in [1.807, 2.05) is 18.2 Å². The van der Waals surface area contributed by atoms with Gasteiger partial charge in [0.1, 0.15) is 5.58 Å². The summed E-state index contributed by atoms with van der Waals surface area (Å²) in [5.41, 5.74) is 3.96. The van der Waals surface area contributed by atoms with Crippen molar-refractivity contribution in [2.45, 2.75) is 12.8 Å². The predicted molar refractivity (Wildman–Crippen MR) is 114 cm³/mol. The third-order valence-corrected chi connectivity index (χ3v) is 5.29. The monoisotopic (exact) mass is 429 g/mol. The average molecular weight is 430 g/mol. The highest BCUT2D eigenvalue weighted by Gasteiger charge is 2.22. The van der Waals surface area contributed by atoms with Crippen molar-refractivity contribution in [2.75, 3.05) is 27.6 Å². The van der Waals surface area contributed by atoms with Crippen LogP contribution < -0.4 is 24.6 Å². The molecule has 3 heterocycles. The molecule has 0 radical (unpaired) electrons. The Morgan fingerprint density at radius 2 is 1.73 bits per heavy atom. The van der Waals surface area contributed by atoms with Gasteiger partial charge in [-0.15, -0.1) is 12.4 Å². The average Bonchev–Trinajstić information content (AvgIpc) is 3.19. The Bertz CT molecular complexity index is 1220. The molecule has 0 unspecified atom stereocenters. The van der Waals surface area contributed by atoms with E-state index in [1.54, 1.807) is 20.3 Å². The van der Waals surface area contributed by atoms with Gasteiger partial charge >= 0.3 is 5.63 Å². The van der Waals surface area contributed by atoms with Crippen molar-refractivity contribution in [3.05, 3.63) is 57.4 Å². The molecule has 0 atom stereocenters. The smallest absolute Gasteiger partial charge is 0.336 e. The first-order valence-corrected chi connectivity index (χ1v) is 9.31. The maximum Gasteiger partial charge on any atom is 0.336 e. The summed E-state index contributed by atoms with van der Waals surface area (Å²) in [5, 5.41) is 0.809. The number of rotatable bonds is 4. The molecule has 2 aliphatic heterocycles. The maximum atomic E-state index is 12.2. The molecule has 0 saturated heterocycles. The van der Waals surface area contributed by atoms with E-state index < -0.39 is 5.63 Å². The number of methoxy groups -OCH3 is 2. The van der Waals surface area contributed by atoms with E-state index in [0.717, 1.165) is 34.2 Å². The molecule has 2 aliphatic rings. The zero-order valence-electron chi connectivity index (χ0n) is 16.5. The fraction of sp³-hybridized carbons (Fsp3) is 0.273. The third kappa shape index (κ3) is 3.35. The summed E-state index contributed by atoms with van der Waals surface area (Å²) in [7, 11) is 3.24. The lowest BCUT2D eigenvalue weighted by molar-refractivity contribution is 0.174. The Balaban J connectivity index is 0.00000218. The molecule has 0 fully saturated rings. The SMILES string of the molecule is COc1cc2c(cc1OC)C(Cc1cc(=O)oc3cc4c(cc13)OCO4)=NCC2.Cl. The first-order valence-electron chi connectivity index (χ1n) is 9.31. The molecular formula is C22H20ClNO6. The summed E-state index contributed by atoms with van der Waals surface area (Å²) in [6, 6.07) is 9.02. The van der Waals surface area contributed by atoms with E-state index in [2.05, 4.69) is 0 Å². The van der Waals surface area contributed by atoms with Crippen LogP contribution in [-0.4, -0.2) is 33.3 Å². The highest BCUT2D eigenvalue weighted by Crippen LogP contribution is 2.37. The fourth-order valence-corrected chi connectivity index (χ4v) is 3.89. The van der Waals surface area contributed by atoms with Gasteiger partial charge in [-0.1, -0.05) is 0 Å². The molecule has 5 rings (SSSR count). The second-order valence-corrected chi connectivity index (χ2v) is 6.91. The minimum Gasteiger partial charge on any atom is -0.493 e. The van der Waals surface area contributed by atoms with Crippen LogP contribution >= 0.6 is 12.4 Å². The zero-order chi connectivity index (χ0) is 20.0. The Kier molecular flexibility index (Phi) is 5.30. The summed E-state index contributed by atoms with van der Waals surface area (Å²) in [6.07, 6.45) is 1.32. The molecule has 3 aromatic rings. The van der Waals surface area contributed by atoms with E-state index in [0.29, 0.717) is 41.5 Å². The third-order valence-electron chi connectivity index (χ3n) is 5.29. The van der Waals surface area contributed by atoms with Gasteiger partial charge in [-0.25, -0.2) is 4.79 Å². The van der Waals surface area contributed by atoms with Crippen LogP contribution in [0, 0.1) is 0 Å². The number of ether oxygens (including phenoxy) is 4. The minimum atomic E-state index is -0.407. The van der Waals surface area contributed by atoms with Crippen molar-refractivity contribution in [3.8, 4) is 23.0 Å². The number of benzene rings is 2. The lowest BCUT2D eigenvalue weighted by Crippen LogP contribution is -2.17. The Morgan fingerprint density at radius 3 is 2.50 bits per heavy atom. The van der Waals surface area contributed by atoms with Gasteiger partial charge in [-0.05, 0) is 35.7 Å². The number of fused-ring (bicyclic) bond motifs is 3. The van der Waals surface area contributed by atoms with Gasteiger partial charge in [0.25, 0.3) is 0 Å². The first-order chi connectivity index (χ1) is 14.2. The van der Waals surface area contributed by atoms with Crippen molar-refractivity contribution in [3.63, 3.8) is 0 Å². The molecule has 2 aromatic carbocycles.